The van der Waals surface area contributed by atoms with E-state index in [0.717, 1.165) is 48.9 Å². The summed E-state index contributed by atoms with van der Waals surface area (Å²) in [4.78, 5) is 4.43. The normalized spacial score (nSPS) is 10.5. The molecule has 2 rings (SSSR count). The number of aromatic amines is 1. The van der Waals surface area contributed by atoms with Crippen molar-refractivity contribution in [3.63, 3.8) is 0 Å². The first-order chi connectivity index (χ1) is 9.81. The minimum Gasteiger partial charge on any atom is -0.497 e. The summed E-state index contributed by atoms with van der Waals surface area (Å²) < 4.78 is 5.18. The lowest BCUT2D eigenvalue weighted by atomic mass is 10.3. The molecule has 0 amide bonds. The molecule has 0 aliphatic rings. The summed E-state index contributed by atoms with van der Waals surface area (Å²) >= 11 is 0. The van der Waals surface area contributed by atoms with E-state index in [1.54, 1.807) is 7.11 Å². The molecule has 6 heteroatoms. The van der Waals surface area contributed by atoms with E-state index >= 15 is 0 Å². The Morgan fingerprint density at radius 1 is 1.35 bits per heavy atom. The van der Waals surface area contributed by atoms with Gasteiger partial charge in [0.1, 0.15) is 11.6 Å². The first-order valence-corrected chi connectivity index (χ1v) is 6.80. The molecule has 0 unspecified atom stereocenters. The topological polar surface area (TPSA) is 88.8 Å². The van der Waals surface area contributed by atoms with Crippen molar-refractivity contribution in [2.75, 3.05) is 25.5 Å². The molecule has 1 aromatic carbocycles. The second-order valence-electron chi connectivity index (χ2n) is 4.50. The van der Waals surface area contributed by atoms with Crippen LogP contribution in [0.2, 0.25) is 0 Å². The van der Waals surface area contributed by atoms with Gasteiger partial charge in [-0.3, -0.25) is 5.10 Å². The quantitative estimate of drug-likeness (QED) is 0.677. The lowest BCUT2D eigenvalue weighted by molar-refractivity contribution is 0.415. The molecule has 1 heterocycles. The summed E-state index contributed by atoms with van der Waals surface area (Å²) in [6.45, 7) is 1.45. The molecule has 0 fully saturated rings. The van der Waals surface area contributed by atoms with Crippen LogP contribution in [0, 0.1) is 0 Å². The number of H-pyrrole nitrogens is 1. The van der Waals surface area contributed by atoms with E-state index < -0.39 is 0 Å². The number of ether oxygens (including phenoxy) is 1. The van der Waals surface area contributed by atoms with E-state index in [9.17, 15) is 0 Å². The van der Waals surface area contributed by atoms with Gasteiger partial charge in [-0.05, 0) is 25.1 Å². The SMILES string of the molecule is COc1cccc(NCCc2n[nH]c(CCCN)n2)c1. The lowest BCUT2D eigenvalue weighted by Crippen LogP contribution is -2.06. The van der Waals surface area contributed by atoms with Gasteiger partial charge in [0, 0.05) is 31.1 Å². The zero-order valence-corrected chi connectivity index (χ0v) is 11.7. The third-order valence-electron chi connectivity index (χ3n) is 2.94. The molecule has 0 saturated heterocycles. The van der Waals surface area contributed by atoms with Gasteiger partial charge in [0.25, 0.3) is 0 Å². The largest absolute Gasteiger partial charge is 0.497 e. The second kappa shape index (κ2) is 7.49. The number of nitrogens with two attached hydrogens (primary N) is 1. The predicted molar refractivity (Wildman–Crippen MR) is 78.9 cm³/mol. The molecule has 0 saturated carbocycles. The number of benzene rings is 1. The molecule has 0 aliphatic heterocycles. The monoisotopic (exact) mass is 275 g/mol. The number of hydrogen-bond donors (Lipinski definition) is 3. The Labute approximate surface area is 118 Å². The average Bonchev–Trinajstić information content (AvgIpc) is 2.93. The molecule has 6 nitrogen and oxygen atoms in total. The maximum Gasteiger partial charge on any atom is 0.152 e. The fraction of sp³-hybridized carbons (Fsp3) is 0.429. The predicted octanol–water partition coefficient (Wildman–Crippen LogP) is 1.36. The highest BCUT2D eigenvalue weighted by Gasteiger charge is 2.03. The van der Waals surface area contributed by atoms with Gasteiger partial charge in [-0.15, -0.1) is 0 Å². The maximum absolute atomic E-state index is 5.47. The number of aryl methyl sites for hydroxylation is 1. The van der Waals surface area contributed by atoms with Gasteiger partial charge >= 0.3 is 0 Å². The average molecular weight is 275 g/mol. The van der Waals surface area contributed by atoms with Crippen molar-refractivity contribution in [1.29, 1.82) is 0 Å². The number of hydrogen-bond acceptors (Lipinski definition) is 5. The fourth-order valence-electron chi connectivity index (χ4n) is 1.88. The van der Waals surface area contributed by atoms with Gasteiger partial charge in [-0.25, -0.2) is 4.98 Å². The van der Waals surface area contributed by atoms with Gasteiger partial charge in [-0.1, -0.05) is 6.07 Å². The minimum atomic E-state index is 0.674. The van der Waals surface area contributed by atoms with Crippen molar-refractivity contribution < 1.29 is 4.74 Å². The summed E-state index contributed by atoms with van der Waals surface area (Å²) in [7, 11) is 1.66. The van der Waals surface area contributed by atoms with Gasteiger partial charge in [-0.2, -0.15) is 5.10 Å². The Balaban J connectivity index is 1.78. The Morgan fingerprint density at radius 2 is 2.25 bits per heavy atom. The van der Waals surface area contributed by atoms with Crippen molar-refractivity contribution in [2.24, 2.45) is 5.73 Å². The van der Waals surface area contributed by atoms with E-state index in [4.69, 9.17) is 10.5 Å². The summed E-state index contributed by atoms with van der Waals surface area (Å²) in [5.74, 6) is 2.58. The van der Waals surface area contributed by atoms with Crippen molar-refractivity contribution in [2.45, 2.75) is 19.3 Å². The zero-order chi connectivity index (χ0) is 14.2. The van der Waals surface area contributed by atoms with E-state index in [0.29, 0.717) is 6.54 Å². The number of nitrogens with one attached hydrogen (secondary N) is 2. The molecule has 0 atom stereocenters. The van der Waals surface area contributed by atoms with Crippen molar-refractivity contribution in [1.82, 2.24) is 15.2 Å². The first kappa shape index (κ1) is 14.3. The van der Waals surface area contributed by atoms with Gasteiger partial charge in [0.05, 0.1) is 7.11 Å². The van der Waals surface area contributed by atoms with Crippen LogP contribution in [0.4, 0.5) is 5.69 Å². The highest BCUT2D eigenvalue weighted by Crippen LogP contribution is 2.16. The summed E-state index contributed by atoms with van der Waals surface area (Å²) in [5, 5.41) is 10.5. The third-order valence-corrected chi connectivity index (χ3v) is 2.94. The van der Waals surface area contributed by atoms with E-state index in [2.05, 4.69) is 20.5 Å². The Kier molecular flexibility index (Phi) is 5.37. The number of anilines is 1. The zero-order valence-electron chi connectivity index (χ0n) is 11.7. The van der Waals surface area contributed by atoms with Crippen LogP contribution in [0.25, 0.3) is 0 Å². The van der Waals surface area contributed by atoms with Crippen molar-refractivity contribution in [3.8, 4) is 5.75 Å². The molecule has 20 heavy (non-hydrogen) atoms. The smallest absolute Gasteiger partial charge is 0.152 e. The van der Waals surface area contributed by atoms with Crippen LogP contribution in [0.5, 0.6) is 5.75 Å². The summed E-state index contributed by atoms with van der Waals surface area (Å²) in [6, 6.07) is 7.85. The van der Waals surface area contributed by atoms with Crippen LogP contribution < -0.4 is 15.8 Å². The standard InChI is InChI=1S/C14H21N5O/c1-20-12-5-2-4-11(10-12)16-9-7-14-17-13(18-19-14)6-3-8-15/h2,4-5,10,16H,3,6-9,15H2,1H3,(H,17,18,19). The molecule has 0 radical (unpaired) electrons. The van der Waals surface area contributed by atoms with E-state index in [1.807, 2.05) is 24.3 Å². The molecule has 4 N–H and O–H groups in total. The van der Waals surface area contributed by atoms with Crippen LogP contribution >= 0.6 is 0 Å². The highest BCUT2D eigenvalue weighted by atomic mass is 16.5. The molecule has 0 bridgehead atoms. The van der Waals surface area contributed by atoms with Gasteiger partial charge in [0.2, 0.25) is 0 Å². The highest BCUT2D eigenvalue weighted by molar-refractivity contribution is 5.48. The van der Waals surface area contributed by atoms with Crippen LogP contribution in [-0.4, -0.2) is 35.4 Å². The molecule has 1 aromatic heterocycles. The first-order valence-electron chi connectivity index (χ1n) is 6.80. The Morgan fingerprint density at radius 3 is 3.05 bits per heavy atom. The molecule has 0 aliphatic carbocycles. The van der Waals surface area contributed by atoms with Crippen LogP contribution in [-0.2, 0) is 12.8 Å². The summed E-state index contributed by atoms with van der Waals surface area (Å²) in [6.07, 6.45) is 2.56. The van der Waals surface area contributed by atoms with Crippen molar-refractivity contribution in [3.05, 3.63) is 35.9 Å². The van der Waals surface area contributed by atoms with Crippen LogP contribution in [0.15, 0.2) is 24.3 Å². The fourth-order valence-corrected chi connectivity index (χ4v) is 1.88. The Hall–Kier alpha value is -2.08. The molecular formula is C14H21N5O. The second-order valence-corrected chi connectivity index (χ2v) is 4.50. The minimum absolute atomic E-state index is 0.674. The van der Waals surface area contributed by atoms with Crippen LogP contribution in [0.1, 0.15) is 18.1 Å². The Bertz CT molecular complexity index is 526. The van der Waals surface area contributed by atoms with Crippen molar-refractivity contribution >= 4 is 5.69 Å². The van der Waals surface area contributed by atoms with Crippen LogP contribution in [0.3, 0.4) is 0 Å². The van der Waals surface area contributed by atoms with E-state index in [-0.39, 0.29) is 0 Å². The summed E-state index contributed by atoms with van der Waals surface area (Å²) in [5.41, 5.74) is 6.50. The number of aromatic nitrogens is 3. The number of methoxy groups -OCH3 is 1. The number of nitrogens with zero attached hydrogens (tertiary/aromatic N) is 2. The molecular weight excluding hydrogens is 254 g/mol. The molecule has 2 aromatic rings. The van der Waals surface area contributed by atoms with Gasteiger partial charge in [0.15, 0.2) is 5.82 Å². The maximum atomic E-state index is 5.47. The van der Waals surface area contributed by atoms with E-state index in [1.165, 1.54) is 0 Å². The molecule has 108 valence electrons. The molecule has 0 spiro atoms. The number of rotatable bonds is 8. The van der Waals surface area contributed by atoms with Gasteiger partial charge < -0.3 is 15.8 Å². The third kappa shape index (κ3) is 4.24. The lowest BCUT2D eigenvalue weighted by Gasteiger charge is -2.06.